The van der Waals surface area contributed by atoms with E-state index in [0.29, 0.717) is 5.56 Å². The lowest BCUT2D eigenvalue weighted by Gasteiger charge is -2.10. The molecule has 0 atom stereocenters. The molecule has 0 radical (unpaired) electrons. The lowest BCUT2D eigenvalue weighted by atomic mass is 10.0. The quantitative estimate of drug-likeness (QED) is 0.656. The number of aromatic nitrogens is 1. The van der Waals surface area contributed by atoms with E-state index in [1.54, 1.807) is 6.07 Å². The number of alkyl halides is 3. The maximum Gasteiger partial charge on any atom is 0.573 e. The van der Waals surface area contributed by atoms with Gasteiger partial charge in [-0.3, -0.25) is 4.98 Å². The van der Waals surface area contributed by atoms with Crippen molar-refractivity contribution < 1.29 is 17.9 Å². The van der Waals surface area contributed by atoms with E-state index in [2.05, 4.69) is 9.72 Å². The molecular formula is C17H12F3NO. The molecule has 3 rings (SSSR count). The molecule has 0 N–H and O–H groups in total. The summed E-state index contributed by atoms with van der Waals surface area (Å²) in [6, 6.07) is 15.4. The van der Waals surface area contributed by atoms with E-state index >= 15 is 0 Å². The zero-order chi connectivity index (χ0) is 15.7. The first-order valence-corrected chi connectivity index (χ1v) is 6.64. The molecule has 0 spiro atoms. The fourth-order valence-electron chi connectivity index (χ4n) is 2.27. The van der Waals surface area contributed by atoms with Crippen LogP contribution in [-0.2, 0) is 0 Å². The van der Waals surface area contributed by atoms with Gasteiger partial charge in [0.15, 0.2) is 0 Å². The molecule has 0 aliphatic heterocycles. The summed E-state index contributed by atoms with van der Waals surface area (Å²) in [5, 5.41) is 0.983. The largest absolute Gasteiger partial charge is 0.573 e. The van der Waals surface area contributed by atoms with E-state index in [4.69, 9.17) is 0 Å². The van der Waals surface area contributed by atoms with Crippen molar-refractivity contribution in [2.24, 2.45) is 0 Å². The van der Waals surface area contributed by atoms with Crippen LogP contribution in [0.5, 0.6) is 5.75 Å². The maximum absolute atomic E-state index is 12.3. The molecule has 0 unspecified atom stereocenters. The highest BCUT2D eigenvalue weighted by molar-refractivity contribution is 5.84. The number of hydrogen-bond acceptors (Lipinski definition) is 2. The van der Waals surface area contributed by atoms with Gasteiger partial charge in [-0.15, -0.1) is 13.2 Å². The first-order valence-electron chi connectivity index (χ1n) is 6.64. The Kier molecular flexibility index (Phi) is 3.48. The Morgan fingerprint density at radius 2 is 1.64 bits per heavy atom. The van der Waals surface area contributed by atoms with Crippen LogP contribution < -0.4 is 4.74 Å². The van der Waals surface area contributed by atoms with E-state index in [1.807, 2.05) is 37.3 Å². The van der Waals surface area contributed by atoms with Crippen LogP contribution in [0.25, 0.3) is 22.0 Å². The topological polar surface area (TPSA) is 22.1 Å². The minimum absolute atomic E-state index is 0.234. The van der Waals surface area contributed by atoms with Gasteiger partial charge < -0.3 is 4.74 Å². The monoisotopic (exact) mass is 303 g/mol. The summed E-state index contributed by atoms with van der Waals surface area (Å²) in [6.45, 7) is 1.89. The minimum Gasteiger partial charge on any atom is -0.406 e. The van der Waals surface area contributed by atoms with Crippen molar-refractivity contribution in [1.82, 2.24) is 4.98 Å². The second kappa shape index (κ2) is 5.33. The minimum atomic E-state index is -4.69. The van der Waals surface area contributed by atoms with Gasteiger partial charge in [-0.2, -0.15) is 0 Å². The van der Waals surface area contributed by atoms with E-state index in [0.717, 1.165) is 22.2 Å². The summed E-state index contributed by atoms with van der Waals surface area (Å²) in [7, 11) is 0. The Bertz CT molecular complexity index is 827. The van der Waals surface area contributed by atoms with Crippen molar-refractivity contribution in [3.63, 3.8) is 0 Å². The van der Waals surface area contributed by atoms with E-state index in [-0.39, 0.29) is 5.75 Å². The molecular weight excluding hydrogens is 291 g/mol. The fraction of sp³-hybridized carbons (Fsp3) is 0.118. The van der Waals surface area contributed by atoms with Crippen LogP contribution in [0.1, 0.15) is 5.69 Å². The number of pyridine rings is 1. The van der Waals surface area contributed by atoms with E-state index in [9.17, 15) is 13.2 Å². The smallest absolute Gasteiger partial charge is 0.406 e. The van der Waals surface area contributed by atoms with Gasteiger partial charge in [0.25, 0.3) is 0 Å². The molecule has 1 aromatic heterocycles. The molecule has 0 fully saturated rings. The van der Waals surface area contributed by atoms with Gasteiger partial charge in [0.2, 0.25) is 0 Å². The van der Waals surface area contributed by atoms with Gasteiger partial charge in [0.05, 0.1) is 5.52 Å². The summed E-state index contributed by atoms with van der Waals surface area (Å²) >= 11 is 0. The molecule has 0 aliphatic carbocycles. The zero-order valence-electron chi connectivity index (χ0n) is 11.7. The number of benzene rings is 2. The number of aryl methyl sites for hydroxylation is 1. The van der Waals surface area contributed by atoms with Gasteiger partial charge in [0.1, 0.15) is 5.75 Å². The summed E-state index contributed by atoms with van der Waals surface area (Å²) in [5.74, 6) is -0.234. The maximum atomic E-state index is 12.3. The number of hydrogen-bond donors (Lipinski definition) is 0. The molecule has 0 aliphatic rings. The SMILES string of the molecule is Cc1ccc2ccc(-c3cccc(OC(F)(F)F)c3)cc2n1. The summed E-state index contributed by atoms with van der Waals surface area (Å²) in [4.78, 5) is 4.43. The third kappa shape index (κ3) is 3.19. The van der Waals surface area contributed by atoms with Gasteiger partial charge in [-0.05, 0) is 42.3 Å². The number of nitrogens with zero attached hydrogens (tertiary/aromatic N) is 1. The van der Waals surface area contributed by atoms with Crippen LogP contribution in [0.15, 0.2) is 54.6 Å². The van der Waals surface area contributed by atoms with Crippen LogP contribution >= 0.6 is 0 Å². The van der Waals surface area contributed by atoms with Crippen LogP contribution in [0.2, 0.25) is 0 Å². The van der Waals surface area contributed by atoms with Crippen molar-refractivity contribution in [2.45, 2.75) is 13.3 Å². The summed E-state index contributed by atoms with van der Waals surface area (Å²) < 4.78 is 40.8. The lowest BCUT2D eigenvalue weighted by molar-refractivity contribution is -0.274. The molecule has 22 heavy (non-hydrogen) atoms. The van der Waals surface area contributed by atoms with Gasteiger partial charge in [0, 0.05) is 11.1 Å². The second-order valence-corrected chi connectivity index (χ2v) is 4.94. The van der Waals surface area contributed by atoms with E-state index in [1.165, 1.54) is 18.2 Å². The van der Waals surface area contributed by atoms with Crippen LogP contribution in [0.4, 0.5) is 13.2 Å². The molecule has 0 bridgehead atoms. The van der Waals surface area contributed by atoms with Gasteiger partial charge >= 0.3 is 6.36 Å². The highest BCUT2D eigenvalue weighted by Crippen LogP contribution is 2.29. The Hall–Kier alpha value is -2.56. The van der Waals surface area contributed by atoms with Crippen molar-refractivity contribution in [2.75, 3.05) is 0 Å². The highest BCUT2D eigenvalue weighted by atomic mass is 19.4. The average molecular weight is 303 g/mol. The van der Waals surface area contributed by atoms with Crippen molar-refractivity contribution in [3.05, 3.63) is 60.3 Å². The molecule has 112 valence electrons. The van der Waals surface area contributed by atoms with Crippen LogP contribution in [0, 0.1) is 6.92 Å². The third-order valence-corrected chi connectivity index (χ3v) is 3.23. The number of halogens is 3. The molecule has 1 heterocycles. The first-order chi connectivity index (χ1) is 10.4. The Morgan fingerprint density at radius 3 is 2.41 bits per heavy atom. The van der Waals surface area contributed by atoms with Crippen molar-refractivity contribution in [1.29, 1.82) is 0 Å². The van der Waals surface area contributed by atoms with Crippen LogP contribution in [-0.4, -0.2) is 11.3 Å². The first kappa shape index (κ1) is 14.4. The normalized spacial score (nSPS) is 11.6. The Labute approximate surface area is 125 Å². The van der Waals surface area contributed by atoms with E-state index < -0.39 is 6.36 Å². The highest BCUT2D eigenvalue weighted by Gasteiger charge is 2.31. The third-order valence-electron chi connectivity index (χ3n) is 3.23. The van der Waals surface area contributed by atoms with Gasteiger partial charge in [-0.1, -0.05) is 30.3 Å². The second-order valence-electron chi connectivity index (χ2n) is 4.94. The lowest BCUT2D eigenvalue weighted by Crippen LogP contribution is -2.17. The van der Waals surface area contributed by atoms with Crippen molar-refractivity contribution >= 4 is 10.9 Å². The summed E-state index contributed by atoms with van der Waals surface area (Å²) in [6.07, 6.45) is -4.69. The molecule has 2 aromatic carbocycles. The molecule has 3 aromatic rings. The van der Waals surface area contributed by atoms with Crippen molar-refractivity contribution in [3.8, 4) is 16.9 Å². The van der Waals surface area contributed by atoms with Gasteiger partial charge in [-0.25, -0.2) is 0 Å². The average Bonchev–Trinajstić information content (AvgIpc) is 2.45. The number of fused-ring (bicyclic) bond motifs is 1. The zero-order valence-corrected chi connectivity index (χ0v) is 11.7. The Balaban J connectivity index is 2.01. The summed E-state index contributed by atoms with van der Waals surface area (Å²) in [5.41, 5.74) is 3.13. The predicted molar refractivity (Wildman–Crippen MR) is 78.6 cm³/mol. The number of rotatable bonds is 2. The predicted octanol–water partition coefficient (Wildman–Crippen LogP) is 5.11. The fourth-order valence-corrected chi connectivity index (χ4v) is 2.27. The van der Waals surface area contributed by atoms with Crippen LogP contribution in [0.3, 0.4) is 0 Å². The standard InChI is InChI=1S/C17H12F3NO/c1-11-5-6-12-7-8-14(10-16(12)21-11)13-3-2-4-15(9-13)22-17(18,19)20/h2-10H,1H3. The molecule has 2 nitrogen and oxygen atoms in total. The Morgan fingerprint density at radius 1 is 0.909 bits per heavy atom. The molecule has 0 saturated heterocycles. The molecule has 0 saturated carbocycles. The molecule has 5 heteroatoms. The number of ether oxygens (including phenoxy) is 1. The molecule has 0 amide bonds.